The lowest BCUT2D eigenvalue weighted by Gasteiger charge is -2.32. The number of likely N-dealkylation sites (tertiary alicyclic amines) is 1. The van der Waals surface area contributed by atoms with Crippen LogP contribution in [0.3, 0.4) is 0 Å². The molecule has 0 saturated carbocycles. The van der Waals surface area contributed by atoms with Crippen LogP contribution in [0.4, 0.5) is 4.39 Å². The second-order valence-corrected chi connectivity index (χ2v) is 12.4. The Morgan fingerprint density at radius 3 is 2.38 bits per heavy atom. The molecule has 47 heavy (non-hydrogen) atoms. The number of ether oxygens (including phenoxy) is 2. The van der Waals surface area contributed by atoms with Gasteiger partial charge in [-0.25, -0.2) is 4.39 Å². The summed E-state index contributed by atoms with van der Waals surface area (Å²) < 4.78 is 24.8. The first kappa shape index (κ1) is 32.1. The molecule has 0 unspecified atom stereocenters. The Hall–Kier alpha value is -4.83. The zero-order chi connectivity index (χ0) is 32.9. The number of hydrogen-bond donors (Lipinski definition) is 3. The van der Waals surface area contributed by atoms with Crippen LogP contribution in [-0.4, -0.2) is 78.0 Å². The average Bonchev–Trinajstić information content (AvgIpc) is 3.68. The van der Waals surface area contributed by atoms with Gasteiger partial charge in [-0.2, -0.15) is 0 Å². The Kier molecular flexibility index (Phi) is 9.77. The van der Waals surface area contributed by atoms with E-state index >= 15 is 0 Å². The third-order valence-corrected chi connectivity index (χ3v) is 9.25. The van der Waals surface area contributed by atoms with Crippen molar-refractivity contribution >= 4 is 33.6 Å². The van der Waals surface area contributed by atoms with Gasteiger partial charge in [0.05, 0.1) is 26.8 Å². The molecule has 0 radical (unpaired) electrons. The van der Waals surface area contributed by atoms with Gasteiger partial charge in [0, 0.05) is 60.3 Å². The van der Waals surface area contributed by atoms with Crippen molar-refractivity contribution in [2.24, 2.45) is 0 Å². The quantitative estimate of drug-likeness (QED) is 0.161. The SMILES string of the molecule is COc1cc(CN(C[C@@H](Cc2c[nH]c3ccccc23)NC(=O)CN2CCC(c3c[nH]c4ccc(F)cc34)CC2)C(C)=O)cc(OC)c1. The third-order valence-electron chi connectivity index (χ3n) is 9.25. The van der Waals surface area contributed by atoms with Crippen LogP contribution < -0.4 is 14.8 Å². The van der Waals surface area contributed by atoms with Gasteiger partial charge in [-0.15, -0.1) is 0 Å². The first-order valence-corrected chi connectivity index (χ1v) is 16.1. The summed E-state index contributed by atoms with van der Waals surface area (Å²) in [4.78, 5) is 37.1. The molecular formula is C37H42FN5O4. The van der Waals surface area contributed by atoms with Crippen molar-refractivity contribution in [3.63, 3.8) is 0 Å². The monoisotopic (exact) mass is 639 g/mol. The molecule has 10 heteroatoms. The van der Waals surface area contributed by atoms with E-state index in [0.29, 0.717) is 36.9 Å². The second kappa shape index (κ2) is 14.3. The van der Waals surface area contributed by atoms with Crippen molar-refractivity contribution in [3.05, 3.63) is 95.6 Å². The van der Waals surface area contributed by atoms with Crippen LogP contribution in [0.15, 0.2) is 73.1 Å². The molecule has 0 spiro atoms. The highest BCUT2D eigenvalue weighted by atomic mass is 19.1. The Bertz CT molecular complexity index is 1840. The first-order chi connectivity index (χ1) is 22.8. The molecule has 1 aliphatic heterocycles. The van der Waals surface area contributed by atoms with Crippen molar-refractivity contribution in [2.75, 3.05) is 40.4 Å². The number of nitrogens with zero attached hydrogens (tertiary/aromatic N) is 2. The molecule has 5 aromatic rings. The van der Waals surface area contributed by atoms with E-state index in [2.05, 4.69) is 26.3 Å². The Balaban J connectivity index is 1.14. The maximum absolute atomic E-state index is 14.0. The molecule has 3 aromatic carbocycles. The molecule has 246 valence electrons. The summed E-state index contributed by atoms with van der Waals surface area (Å²) in [6.07, 6.45) is 6.31. The second-order valence-electron chi connectivity index (χ2n) is 12.4. The van der Waals surface area contributed by atoms with Crippen LogP contribution in [0.2, 0.25) is 0 Å². The van der Waals surface area contributed by atoms with Gasteiger partial charge in [0.1, 0.15) is 17.3 Å². The van der Waals surface area contributed by atoms with Crippen molar-refractivity contribution in [1.82, 2.24) is 25.1 Å². The average molecular weight is 640 g/mol. The number of para-hydroxylation sites is 1. The van der Waals surface area contributed by atoms with Crippen LogP contribution in [0, 0.1) is 5.82 Å². The number of aromatic amines is 2. The fraction of sp³-hybridized carbons (Fsp3) is 0.351. The predicted molar refractivity (Wildman–Crippen MR) is 181 cm³/mol. The summed E-state index contributed by atoms with van der Waals surface area (Å²) in [5.74, 6) is 1.19. The number of carbonyl (C=O) groups excluding carboxylic acids is 2. The Morgan fingerprint density at radius 2 is 1.66 bits per heavy atom. The summed E-state index contributed by atoms with van der Waals surface area (Å²) in [6.45, 7) is 4.03. The van der Waals surface area contributed by atoms with Crippen LogP contribution in [0.5, 0.6) is 11.5 Å². The number of piperidine rings is 1. The molecule has 2 aromatic heterocycles. The number of amides is 2. The molecule has 3 N–H and O–H groups in total. The molecule has 2 amide bonds. The maximum Gasteiger partial charge on any atom is 0.234 e. The topological polar surface area (TPSA) is 103 Å². The number of aromatic nitrogens is 2. The first-order valence-electron chi connectivity index (χ1n) is 16.1. The number of benzene rings is 3. The van der Waals surface area contributed by atoms with E-state index in [4.69, 9.17) is 9.47 Å². The van der Waals surface area contributed by atoms with Gasteiger partial charge in [0.25, 0.3) is 0 Å². The normalized spacial score (nSPS) is 14.7. The summed E-state index contributed by atoms with van der Waals surface area (Å²) in [6, 6.07) is 18.2. The van der Waals surface area contributed by atoms with Crippen molar-refractivity contribution in [1.29, 1.82) is 0 Å². The molecule has 1 fully saturated rings. The number of rotatable bonds is 12. The lowest BCUT2D eigenvalue weighted by molar-refractivity contribution is -0.131. The molecule has 1 saturated heterocycles. The zero-order valence-electron chi connectivity index (χ0n) is 27.1. The number of halogens is 1. The molecule has 3 heterocycles. The molecular weight excluding hydrogens is 597 g/mol. The van der Waals surface area contributed by atoms with Gasteiger partial charge >= 0.3 is 0 Å². The lowest BCUT2D eigenvalue weighted by atomic mass is 9.89. The van der Waals surface area contributed by atoms with Gasteiger partial charge in [-0.05, 0) is 91.4 Å². The molecule has 1 aliphatic rings. The van der Waals surface area contributed by atoms with Gasteiger partial charge < -0.3 is 29.7 Å². The zero-order valence-corrected chi connectivity index (χ0v) is 27.1. The molecule has 9 nitrogen and oxygen atoms in total. The van der Waals surface area contributed by atoms with Gasteiger partial charge in [0.15, 0.2) is 0 Å². The van der Waals surface area contributed by atoms with Crippen LogP contribution in [0.25, 0.3) is 21.8 Å². The van der Waals surface area contributed by atoms with Gasteiger partial charge in [-0.1, -0.05) is 18.2 Å². The Morgan fingerprint density at radius 1 is 0.957 bits per heavy atom. The highest BCUT2D eigenvalue weighted by molar-refractivity contribution is 5.84. The number of nitrogens with one attached hydrogen (secondary N) is 3. The van der Waals surface area contributed by atoms with E-state index in [0.717, 1.165) is 64.4 Å². The number of H-pyrrole nitrogens is 2. The number of fused-ring (bicyclic) bond motifs is 2. The van der Waals surface area contributed by atoms with Crippen LogP contribution >= 0.6 is 0 Å². The fourth-order valence-corrected chi connectivity index (χ4v) is 6.81. The van der Waals surface area contributed by atoms with Gasteiger partial charge in [-0.3, -0.25) is 14.5 Å². The van der Waals surface area contributed by atoms with Crippen molar-refractivity contribution in [3.8, 4) is 11.5 Å². The maximum atomic E-state index is 14.0. The minimum Gasteiger partial charge on any atom is -0.497 e. The highest BCUT2D eigenvalue weighted by Crippen LogP contribution is 2.33. The van der Waals surface area contributed by atoms with Crippen molar-refractivity contribution in [2.45, 2.75) is 44.7 Å². The summed E-state index contributed by atoms with van der Waals surface area (Å²) >= 11 is 0. The van der Waals surface area contributed by atoms with E-state index in [1.165, 1.54) is 6.07 Å². The molecule has 0 aliphatic carbocycles. The minimum atomic E-state index is -0.322. The van der Waals surface area contributed by atoms with Crippen molar-refractivity contribution < 1.29 is 23.5 Å². The number of carbonyl (C=O) groups is 2. The molecule has 1 atom stereocenters. The Labute approximate surface area is 274 Å². The fourth-order valence-electron chi connectivity index (χ4n) is 6.81. The molecule has 6 rings (SSSR count). The van der Waals surface area contributed by atoms with E-state index in [1.807, 2.05) is 42.7 Å². The molecule has 0 bridgehead atoms. The largest absolute Gasteiger partial charge is 0.497 e. The highest BCUT2D eigenvalue weighted by Gasteiger charge is 2.26. The predicted octanol–water partition coefficient (Wildman–Crippen LogP) is 5.76. The standard InChI is InChI=1S/C37H42FN5O4/c1-24(44)43(21-25-14-30(46-2)18-31(15-25)47-3)22-29(16-27-19-39-35-7-5-4-6-32(27)35)41-37(45)23-42-12-10-26(11-13-42)34-20-40-36-9-8-28(38)17-33(34)36/h4-9,14-15,17-20,26,29,39-40H,10-13,16,21-23H2,1-3H3,(H,41,45)/t29-/m1/s1. The van der Waals surface area contributed by atoms with E-state index in [-0.39, 0.29) is 30.2 Å². The van der Waals surface area contributed by atoms with E-state index in [1.54, 1.807) is 44.2 Å². The summed E-state index contributed by atoms with van der Waals surface area (Å²) in [5, 5.41) is 5.30. The van der Waals surface area contributed by atoms with Crippen LogP contribution in [0.1, 0.15) is 42.4 Å². The number of methoxy groups -OCH3 is 2. The number of hydrogen-bond acceptors (Lipinski definition) is 5. The van der Waals surface area contributed by atoms with Gasteiger partial charge in [0.2, 0.25) is 11.8 Å². The third kappa shape index (κ3) is 7.60. The summed E-state index contributed by atoms with van der Waals surface area (Å²) in [5.41, 5.74) is 5.05. The smallest absolute Gasteiger partial charge is 0.234 e. The lowest BCUT2D eigenvalue weighted by Crippen LogP contribution is -2.49. The summed E-state index contributed by atoms with van der Waals surface area (Å²) in [7, 11) is 3.19. The van der Waals surface area contributed by atoms with E-state index < -0.39 is 0 Å². The van der Waals surface area contributed by atoms with E-state index in [9.17, 15) is 14.0 Å². The van der Waals surface area contributed by atoms with Crippen LogP contribution in [-0.2, 0) is 22.6 Å². The minimum absolute atomic E-state index is 0.0750.